The van der Waals surface area contributed by atoms with Crippen molar-refractivity contribution in [3.8, 4) is 6.07 Å². The van der Waals surface area contributed by atoms with E-state index in [2.05, 4.69) is 6.07 Å². The number of thiophene rings is 1. The molecule has 3 nitrogen and oxygen atoms in total. The molecule has 0 fully saturated rings. The van der Waals surface area contributed by atoms with E-state index in [9.17, 15) is 0 Å². The van der Waals surface area contributed by atoms with Crippen molar-refractivity contribution in [1.29, 1.82) is 5.26 Å². The van der Waals surface area contributed by atoms with Crippen LogP contribution >= 0.6 is 11.3 Å². The monoisotopic (exact) mass is 210 g/mol. The summed E-state index contributed by atoms with van der Waals surface area (Å²) in [4.78, 5) is 1.96. The average Bonchev–Trinajstić information content (AvgIpc) is 2.71. The third kappa shape index (κ3) is 2.55. The molecule has 4 heteroatoms. The van der Waals surface area contributed by atoms with Gasteiger partial charge in [-0.2, -0.15) is 16.6 Å². The molecule has 1 aromatic heterocycles. The average molecular weight is 210 g/mol. The minimum absolute atomic E-state index is 0.0934. The van der Waals surface area contributed by atoms with Gasteiger partial charge in [-0.25, -0.2) is 0 Å². The molecule has 0 aliphatic heterocycles. The summed E-state index contributed by atoms with van der Waals surface area (Å²) in [7, 11) is 0. The number of likely N-dealkylation sites (N-methyl/N-ethyl adjacent to an activating group) is 1. The van der Waals surface area contributed by atoms with Gasteiger partial charge in [0.05, 0.1) is 12.7 Å². The van der Waals surface area contributed by atoms with Gasteiger partial charge < -0.3 is 5.11 Å². The molecule has 14 heavy (non-hydrogen) atoms. The van der Waals surface area contributed by atoms with Gasteiger partial charge in [0, 0.05) is 6.54 Å². The molecule has 1 atom stereocenters. The number of rotatable bonds is 5. The van der Waals surface area contributed by atoms with Crippen LogP contribution in [0.1, 0.15) is 18.5 Å². The van der Waals surface area contributed by atoms with E-state index in [1.165, 1.54) is 0 Å². The van der Waals surface area contributed by atoms with Gasteiger partial charge in [0.2, 0.25) is 0 Å². The van der Waals surface area contributed by atoms with Crippen molar-refractivity contribution >= 4 is 11.3 Å². The highest BCUT2D eigenvalue weighted by Gasteiger charge is 2.17. The number of aliphatic hydroxyl groups is 1. The van der Waals surface area contributed by atoms with Crippen molar-refractivity contribution in [2.75, 3.05) is 19.7 Å². The van der Waals surface area contributed by atoms with Gasteiger partial charge in [0.1, 0.15) is 6.04 Å². The molecule has 0 radical (unpaired) electrons. The smallest absolute Gasteiger partial charge is 0.124 e. The van der Waals surface area contributed by atoms with Crippen LogP contribution in [-0.2, 0) is 0 Å². The first-order valence-electron chi connectivity index (χ1n) is 4.60. The lowest BCUT2D eigenvalue weighted by Crippen LogP contribution is -2.30. The highest BCUT2D eigenvalue weighted by Crippen LogP contribution is 2.21. The van der Waals surface area contributed by atoms with E-state index < -0.39 is 0 Å². The van der Waals surface area contributed by atoms with Gasteiger partial charge in [0.15, 0.2) is 0 Å². The topological polar surface area (TPSA) is 47.3 Å². The fourth-order valence-corrected chi connectivity index (χ4v) is 2.07. The van der Waals surface area contributed by atoms with Crippen LogP contribution in [0.25, 0.3) is 0 Å². The van der Waals surface area contributed by atoms with Crippen LogP contribution in [0, 0.1) is 11.3 Å². The first-order chi connectivity index (χ1) is 6.83. The third-order valence-corrected chi connectivity index (χ3v) is 2.84. The van der Waals surface area contributed by atoms with E-state index in [0.29, 0.717) is 6.54 Å². The first-order valence-corrected chi connectivity index (χ1v) is 5.54. The Balaban J connectivity index is 2.75. The van der Waals surface area contributed by atoms with Crippen molar-refractivity contribution < 1.29 is 5.11 Å². The number of nitriles is 1. The van der Waals surface area contributed by atoms with E-state index in [4.69, 9.17) is 10.4 Å². The van der Waals surface area contributed by atoms with Crippen LogP contribution in [0.3, 0.4) is 0 Å². The summed E-state index contributed by atoms with van der Waals surface area (Å²) in [5.41, 5.74) is 1.02. The van der Waals surface area contributed by atoms with E-state index in [-0.39, 0.29) is 12.6 Å². The van der Waals surface area contributed by atoms with Gasteiger partial charge in [-0.3, -0.25) is 4.90 Å². The summed E-state index contributed by atoms with van der Waals surface area (Å²) in [5.74, 6) is 0. The second kappa shape index (κ2) is 5.76. The molecule has 1 N–H and O–H groups in total. The molecule has 0 amide bonds. The van der Waals surface area contributed by atoms with Crippen molar-refractivity contribution in [2.24, 2.45) is 0 Å². The van der Waals surface area contributed by atoms with Crippen molar-refractivity contribution in [2.45, 2.75) is 13.0 Å². The van der Waals surface area contributed by atoms with E-state index >= 15 is 0 Å². The Kier molecular flexibility index (Phi) is 4.60. The molecular formula is C10H14N2OS. The third-order valence-electron chi connectivity index (χ3n) is 2.14. The van der Waals surface area contributed by atoms with Crippen LogP contribution in [0.4, 0.5) is 0 Å². The normalized spacial score (nSPS) is 12.7. The molecule has 0 saturated heterocycles. The molecular weight excluding hydrogens is 196 g/mol. The Morgan fingerprint density at radius 1 is 1.71 bits per heavy atom. The summed E-state index contributed by atoms with van der Waals surface area (Å²) in [6, 6.07) is 3.99. The van der Waals surface area contributed by atoms with Gasteiger partial charge in [-0.1, -0.05) is 6.92 Å². The van der Waals surface area contributed by atoms with Crippen molar-refractivity contribution in [3.63, 3.8) is 0 Å². The van der Waals surface area contributed by atoms with Crippen LogP contribution in [-0.4, -0.2) is 29.7 Å². The van der Waals surface area contributed by atoms with Crippen molar-refractivity contribution in [3.05, 3.63) is 22.4 Å². The summed E-state index contributed by atoms with van der Waals surface area (Å²) >= 11 is 1.59. The minimum Gasteiger partial charge on any atom is -0.395 e. The highest BCUT2D eigenvalue weighted by atomic mass is 32.1. The SMILES string of the molecule is CCN(CCO)C(C#N)c1ccsc1. The lowest BCUT2D eigenvalue weighted by molar-refractivity contribution is 0.181. The number of hydrogen-bond donors (Lipinski definition) is 1. The molecule has 1 rings (SSSR count). The number of hydrogen-bond acceptors (Lipinski definition) is 4. The van der Waals surface area contributed by atoms with Gasteiger partial charge in [0.25, 0.3) is 0 Å². The Morgan fingerprint density at radius 3 is 2.93 bits per heavy atom. The zero-order valence-corrected chi connectivity index (χ0v) is 9.00. The molecule has 0 aliphatic rings. The maximum atomic E-state index is 9.06. The van der Waals surface area contributed by atoms with Gasteiger partial charge in [-0.15, -0.1) is 0 Å². The molecule has 1 unspecified atom stereocenters. The number of aliphatic hydroxyl groups excluding tert-OH is 1. The molecule has 0 aliphatic carbocycles. The zero-order valence-electron chi connectivity index (χ0n) is 8.18. The second-order valence-corrected chi connectivity index (χ2v) is 3.72. The van der Waals surface area contributed by atoms with Crippen LogP contribution in [0.5, 0.6) is 0 Å². The second-order valence-electron chi connectivity index (χ2n) is 2.94. The zero-order chi connectivity index (χ0) is 10.4. The maximum absolute atomic E-state index is 9.06. The molecule has 1 aromatic rings. The lowest BCUT2D eigenvalue weighted by atomic mass is 10.1. The largest absolute Gasteiger partial charge is 0.395 e. The van der Waals surface area contributed by atoms with Crippen molar-refractivity contribution in [1.82, 2.24) is 4.90 Å². The van der Waals surface area contributed by atoms with E-state index in [0.717, 1.165) is 12.1 Å². The fraction of sp³-hybridized carbons (Fsp3) is 0.500. The summed E-state index contributed by atoms with van der Waals surface area (Å²) in [6.07, 6.45) is 0. The Hall–Kier alpha value is -0.890. The summed E-state index contributed by atoms with van der Waals surface area (Å²) in [5, 5.41) is 21.9. The van der Waals surface area contributed by atoms with Gasteiger partial charge in [-0.05, 0) is 28.9 Å². The van der Waals surface area contributed by atoms with Crippen LogP contribution < -0.4 is 0 Å². The molecule has 0 spiro atoms. The Bertz CT molecular complexity index is 292. The highest BCUT2D eigenvalue weighted by molar-refractivity contribution is 7.08. The molecule has 0 aromatic carbocycles. The molecule has 0 saturated carbocycles. The maximum Gasteiger partial charge on any atom is 0.124 e. The quantitative estimate of drug-likeness (QED) is 0.803. The molecule has 1 heterocycles. The summed E-state index contributed by atoms with van der Waals surface area (Å²) in [6.45, 7) is 3.40. The minimum atomic E-state index is -0.224. The predicted molar refractivity (Wildman–Crippen MR) is 57.0 cm³/mol. The number of nitrogens with zero attached hydrogens (tertiary/aromatic N) is 2. The lowest BCUT2D eigenvalue weighted by Gasteiger charge is -2.23. The fourth-order valence-electron chi connectivity index (χ4n) is 1.40. The predicted octanol–water partition coefficient (Wildman–Crippen LogP) is 1.63. The standard InChI is InChI=1S/C10H14N2OS/c1-2-12(4-5-13)10(7-11)9-3-6-14-8-9/h3,6,8,10,13H,2,4-5H2,1H3. The molecule has 76 valence electrons. The van der Waals surface area contributed by atoms with Gasteiger partial charge >= 0.3 is 0 Å². The van der Waals surface area contributed by atoms with E-state index in [1.807, 2.05) is 28.7 Å². The van der Waals surface area contributed by atoms with Crippen LogP contribution in [0.15, 0.2) is 16.8 Å². The Morgan fingerprint density at radius 2 is 2.50 bits per heavy atom. The molecule has 0 bridgehead atoms. The van der Waals surface area contributed by atoms with E-state index in [1.54, 1.807) is 11.3 Å². The Labute approximate surface area is 88.2 Å². The summed E-state index contributed by atoms with van der Waals surface area (Å²) < 4.78 is 0. The first kappa shape index (κ1) is 11.2. The van der Waals surface area contributed by atoms with Crippen LogP contribution in [0.2, 0.25) is 0 Å².